The van der Waals surface area contributed by atoms with Crippen LogP contribution in [0.1, 0.15) is 17.5 Å². The minimum Gasteiger partial charge on any atom is -0.274 e. The second-order valence-electron chi connectivity index (χ2n) is 4.99. The zero-order valence-corrected chi connectivity index (χ0v) is 11.9. The van der Waals surface area contributed by atoms with Crippen molar-refractivity contribution in [1.29, 1.82) is 0 Å². The molecular weight excluding hydrogens is 296 g/mol. The van der Waals surface area contributed by atoms with E-state index in [9.17, 15) is 17.2 Å². The number of nitrogens with one attached hydrogen (secondary N) is 1. The number of benzene rings is 2. The Balaban J connectivity index is 1.98. The van der Waals surface area contributed by atoms with Gasteiger partial charge in [-0.1, -0.05) is 12.1 Å². The van der Waals surface area contributed by atoms with Crippen LogP contribution in [0.15, 0.2) is 41.3 Å². The molecule has 0 saturated heterocycles. The first kappa shape index (κ1) is 14.0. The number of sulfonamides is 1. The number of anilines is 1. The molecule has 2 aromatic carbocycles. The average molecular weight is 309 g/mol. The van der Waals surface area contributed by atoms with Crippen molar-refractivity contribution in [2.45, 2.75) is 24.2 Å². The lowest BCUT2D eigenvalue weighted by Gasteiger charge is -2.11. The molecule has 0 aliphatic heterocycles. The molecule has 2 aromatic rings. The number of para-hydroxylation sites is 1. The third-order valence-corrected chi connectivity index (χ3v) is 4.93. The Bertz CT molecular complexity index is 783. The van der Waals surface area contributed by atoms with Crippen LogP contribution in [0.5, 0.6) is 0 Å². The van der Waals surface area contributed by atoms with Gasteiger partial charge in [-0.3, -0.25) is 4.72 Å². The molecule has 1 N–H and O–H groups in total. The fourth-order valence-corrected chi connectivity index (χ4v) is 3.63. The van der Waals surface area contributed by atoms with Gasteiger partial charge in [0.25, 0.3) is 10.0 Å². The van der Waals surface area contributed by atoms with E-state index in [0.29, 0.717) is 0 Å². The minimum absolute atomic E-state index is 0.0193. The second kappa shape index (κ2) is 5.11. The molecule has 21 heavy (non-hydrogen) atoms. The zero-order chi connectivity index (χ0) is 15.0. The maximum absolute atomic E-state index is 13.5. The van der Waals surface area contributed by atoms with Crippen molar-refractivity contribution in [3.05, 3.63) is 59.2 Å². The Labute approximate surface area is 121 Å². The Kier molecular flexibility index (Phi) is 3.41. The normalized spacial score (nSPS) is 14.0. The average Bonchev–Trinajstić information content (AvgIpc) is 2.90. The first-order chi connectivity index (χ1) is 9.97. The van der Waals surface area contributed by atoms with Crippen LogP contribution in [0.2, 0.25) is 0 Å². The summed E-state index contributed by atoms with van der Waals surface area (Å²) in [6.07, 6.45) is 2.76. The highest BCUT2D eigenvalue weighted by atomic mass is 32.2. The van der Waals surface area contributed by atoms with Gasteiger partial charge in [0.1, 0.15) is 17.3 Å². The molecule has 0 bridgehead atoms. The van der Waals surface area contributed by atoms with Gasteiger partial charge in [0, 0.05) is 0 Å². The van der Waals surface area contributed by atoms with E-state index in [-0.39, 0.29) is 4.90 Å². The summed E-state index contributed by atoms with van der Waals surface area (Å²) in [7, 11) is -4.01. The SMILES string of the molecule is O=S(=O)(Nc1c(F)cccc1F)c1ccc2c(c1)CCC2. The molecule has 1 aliphatic carbocycles. The standard InChI is InChI=1S/C15H13F2NO2S/c16-13-5-2-6-14(17)15(13)18-21(19,20)12-8-7-10-3-1-4-11(10)9-12/h2,5-9,18H,1,3-4H2. The van der Waals surface area contributed by atoms with Gasteiger partial charge in [0.2, 0.25) is 0 Å². The van der Waals surface area contributed by atoms with Crippen LogP contribution in [0.25, 0.3) is 0 Å². The van der Waals surface area contributed by atoms with Gasteiger partial charge >= 0.3 is 0 Å². The predicted octanol–water partition coefficient (Wildman–Crippen LogP) is 3.25. The Morgan fingerprint density at radius 2 is 1.62 bits per heavy atom. The minimum atomic E-state index is -4.01. The molecular formula is C15H13F2NO2S. The van der Waals surface area contributed by atoms with Gasteiger partial charge in [0.05, 0.1) is 4.90 Å². The van der Waals surface area contributed by atoms with Gasteiger partial charge in [-0.25, -0.2) is 17.2 Å². The quantitative estimate of drug-likeness (QED) is 0.946. The van der Waals surface area contributed by atoms with Gasteiger partial charge in [-0.2, -0.15) is 0 Å². The van der Waals surface area contributed by atoms with E-state index >= 15 is 0 Å². The molecule has 0 spiro atoms. The van der Waals surface area contributed by atoms with Crippen LogP contribution in [0, 0.1) is 11.6 Å². The number of fused-ring (bicyclic) bond motifs is 1. The van der Waals surface area contributed by atoms with Gasteiger partial charge < -0.3 is 0 Å². The molecule has 0 amide bonds. The highest BCUT2D eigenvalue weighted by molar-refractivity contribution is 7.92. The van der Waals surface area contributed by atoms with E-state index < -0.39 is 27.3 Å². The number of hydrogen-bond acceptors (Lipinski definition) is 2. The van der Waals surface area contributed by atoms with Crippen LogP contribution in [0.4, 0.5) is 14.5 Å². The van der Waals surface area contributed by atoms with Crippen LogP contribution in [0.3, 0.4) is 0 Å². The lowest BCUT2D eigenvalue weighted by atomic mass is 10.1. The van der Waals surface area contributed by atoms with Crippen LogP contribution in [-0.4, -0.2) is 8.42 Å². The first-order valence-corrected chi connectivity index (χ1v) is 8.04. The Morgan fingerprint density at radius 1 is 0.952 bits per heavy atom. The van der Waals surface area contributed by atoms with Crippen LogP contribution >= 0.6 is 0 Å². The topological polar surface area (TPSA) is 46.2 Å². The van der Waals surface area contributed by atoms with Crippen LogP contribution in [-0.2, 0) is 22.9 Å². The summed E-state index contributed by atoms with van der Waals surface area (Å²) in [5, 5.41) is 0. The molecule has 110 valence electrons. The molecule has 0 aromatic heterocycles. The first-order valence-electron chi connectivity index (χ1n) is 6.56. The number of halogens is 2. The van der Waals surface area contributed by atoms with Crippen molar-refractivity contribution < 1.29 is 17.2 Å². The van der Waals surface area contributed by atoms with Crippen molar-refractivity contribution >= 4 is 15.7 Å². The lowest BCUT2D eigenvalue weighted by molar-refractivity contribution is 0.583. The van der Waals surface area contributed by atoms with Crippen molar-refractivity contribution in [1.82, 2.24) is 0 Å². The van der Waals surface area contributed by atoms with Crippen molar-refractivity contribution in [3.63, 3.8) is 0 Å². The van der Waals surface area contributed by atoms with E-state index in [1.54, 1.807) is 12.1 Å². The largest absolute Gasteiger partial charge is 0.274 e. The molecule has 0 saturated carbocycles. The van der Waals surface area contributed by atoms with E-state index in [0.717, 1.165) is 42.5 Å². The van der Waals surface area contributed by atoms with Gasteiger partial charge in [-0.05, 0) is 54.7 Å². The summed E-state index contributed by atoms with van der Waals surface area (Å²) in [5.74, 6) is -1.89. The summed E-state index contributed by atoms with van der Waals surface area (Å²) < 4.78 is 53.6. The third-order valence-electron chi connectivity index (χ3n) is 3.58. The molecule has 0 unspecified atom stereocenters. The maximum atomic E-state index is 13.5. The highest BCUT2D eigenvalue weighted by Crippen LogP contribution is 2.27. The fourth-order valence-electron chi connectivity index (χ4n) is 2.50. The summed E-state index contributed by atoms with van der Waals surface area (Å²) in [6.45, 7) is 0. The molecule has 0 radical (unpaired) electrons. The highest BCUT2D eigenvalue weighted by Gasteiger charge is 2.21. The smallest absolute Gasteiger partial charge is 0.262 e. The summed E-state index contributed by atoms with van der Waals surface area (Å²) >= 11 is 0. The molecule has 6 heteroatoms. The zero-order valence-electron chi connectivity index (χ0n) is 11.1. The third kappa shape index (κ3) is 2.63. The predicted molar refractivity (Wildman–Crippen MR) is 75.6 cm³/mol. The van der Waals surface area contributed by atoms with E-state index in [2.05, 4.69) is 0 Å². The maximum Gasteiger partial charge on any atom is 0.262 e. The molecule has 0 heterocycles. The van der Waals surface area contributed by atoms with Crippen molar-refractivity contribution in [2.75, 3.05) is 4.72 Å². The van der Waals surface area contributed by atoms with Gasteiger partial charge in [-0.15, -0.1) is 0 Å². The van der Waals surface area contributed by atoms with E-state index in [1.165, 1.54) is 12.1 Å². The molecule has 3 nitrogen and oxygen atoms in total. The Hall–Kier alpha value is -1.95. The van der Waals surface area contributed by atoms with E-state index in [1.807, 2.05) is 4.72 Å². The monoisotopic (exact) mass is 309 g/mol. The lowest BCUT2D eigenvalue weighted by Crippen LogP contribution is -2.15. The summed E-state index contributed by atoms with van der Waals surface area (Å²) in [5.41, 5.74) is 1.45. The van der Waals surface area contributed by atoms with Crippen molar-refractivity contribution in [2.24, 2.45) is 0 Å². The molecule has 3 rings (SSSR count). The Morgan fingerprint density at radius 3 is 2.33 bits per heavy atom. The van der Waals surface area contributed by atoms with Crippen molar-refractivity contribution in [3.8, 4) is 0 Å². The molecule has 1 aliphatic rings. The number of aryl methyl sites for hydroxylation is 2. The van der Waals surface area contributed by atoms with Gasteiger partial charge in [0.15, 0.2) is 0 Å². The number of hydrogen-bond donors (Lipinski definition) is 1. The second-order valence-corrected chi connectivity index (χ2v) is 6.67. The molecule has 0 fully saturated rings. The van der Waals surface area contributed by atoms with E-state index in [4.69, 9.17) is 0 Å². The van der Waals surface area contributed by atoms with Crippen LogP contribution < -0.4 is 4.72 Å². The molecule has 0 atom stereocenters. The fraction of sp³-hybridized carbons (Fsp3) is 0.200. The summed E-state index contributed by atoms with van der Waals surface area (Å²) in [4.78, 5) is 0.0193. The summed E-state index contributed by atoms with van der Waals surface area (Å²) in [6, 6.07) is 7.98. The number of rotatable bonds is 3.